The molecule has 5 heteroatoms. The van der Waals surface area contributed by atoms with Crippen LogP contribution in [0.2, 0.25) is 0 Å². The van der Waals surface area contributed by atoms with Crippen molar-refractivity contribution in [3.05, 3.63) is 0 Å². The van der Waals surface area contributed by atoms with Crippen molar-refractivity contribution in [2.75, 3.05) is 20.0 Å². The molecule has 0 spiro atoms. The molecule has 0 radical (unpaired) electrons. The van der Waals surface area contributed by atoms with Crippen molar-refractivity contribution in [2.45, 2.75) is 0 Å². The molecule has 1 aliphatic rings. The first-order chi connectivity index (χ1) is 3.39. The molecule has 1 rings (SSSR count). The van der Waals surface area contributed by atoms with E-state index in [0.29, 0.717) is 0 Å². The Morgan fingerprint density at radius 1 is 1.25 bits per heavy atom. The molecule has 0 aliphatic carbocycles. The second-order valence-corrected chi connectivity index (χ2v) is 2.52. The predicted molar refractivity (Wildman–Crippen MR) is 30.0 cm³/mol. The zero-order chi connectivity index (χ0) is 5.11. The van der Waals surface area contributed by atoms with Crippen LogP contribution in [0.15, 0.2) is 0 Å². The predicted octanol–water partition coefficient (Wildman–Crippen LogP) is -0.763. The minimum absolute atomic E-state index is 0. The molecule has 2 N–H and O–H groups in total. The Labute approximate surface area is 67.3 Å². The average molecular weight is 170 g/mol. The molecule has 47 valence electrons. The van der Waals surface area contributed by atoms with Gasteiger partial charge in [-0.15, -0.1) is 12.4 Å². The van der Waals surface area contributed by atoms with Gasteiger partial charge < -0.3 is 0 Å². The Balaban J connectivity index is 0.000000490. The molecule has 1 fully saturated rings. The molecule has 1 saturated heterocycles. The fourth-order valence-electron chi connectivity index (χ4n) is 0.526. The molecule has 0 aromatic carbocycles. The number of hydrogen-bond donors (Lipinski definition) is 2. The van der Waals surface area contributed by atoms with Crippen LogP contribution in [-0.4, -0.2) is 23.4 Å². The third kappa shape index (κ3) is 3.02. The number of hydrogen-bond acceptors (Lipinski definition) is 3. The maximum absolute atomic E-state index is 3.15. The van der Waals surface area contributed by atoms with E-state index < -0.39 is 0 Å². The van der Waals surface area contributed by atoms with Crippen molar-refractivity contribution in [2.24, 2.45) is 0 Å². The number of rotatable bonds is 0. The fourth-order valence-corrected chi connectivity index (χ4v) is 0.875. The number of halogens is 1. The Morgan fingerprint density at radius 3 is 2.00 bits per heavy atom. The molecule has 1 aliphatic heterocycles. The minimum atomic E-state index is 0. The summed E-state index contributed by atoms with van der Waals surface area (Å²) in [5.41, 5.74) is 0. The summed E-state index contributed by atoms with van der Waals surface area (Å²) in [4.78, 5) is 0. The molecule has 8 heavy (non-hydrogen) atoms. The summed E-state index contributed by atoms with van der Waals surface area (Å²) in [6, 6.07) is 0. The van der Waals surface area contributed by atoms with Crippen molar-refractivity contribution in [3.63, 3.8) is 0 Å². The van der Waals surface area contributed by atoms with Gasteiger partial charge in [0, 0.05) is 0 Å². The van der Waals surface area contributed by atoms with Gasteiger partial charge in [-0.3, -0.25) is 0 Å². The van der Waals surface area contributed by atoms with E-state index in [9.17, 15) is 0 Å². The summed E-state index contributed by atoms with van der Waals surface area (Å²) in [6.07, 6.45) is 0. The van der Waals surface area contributed by atoms with Gasteiger partial charge in [-0.25, -0.2) is 0 Å². The maximum atomic E-state index is 3.15. The molecule has 0 aromatic heterocycles. The zero-order valence-electron chi connectivity index (χ0n) is 4.48. The number of nitrogens with one attached hydrogen (secondary N) is 2. The van der Waals surface area contributed by atoms with Gasteiger partial charge >= 0.3 is 54.7 Å². The van der Waals surface area contributed by atoms with E-state index >= 15 is 0 Å². The Bertz CT molecular complexity index is 56.5. The van der Waals surface area contributed by atoms with Crippen LogP contribution < -0.4 is 10.6 Å². The quantitative estimate of drug-likeness (QED) is 0.468. The van der Waals surface area contributed by atoms with Gasteiger partial charge in [0.25, 0.3) is 0 Å². The van der Waals surface area contributed by atoms with Crippen molar-refractivity contribution in [3.8, 4) is 0 Å². The summed E-state index contributed by atoms with van der Waals surface area (Å²) in [7, 11) is 0. The Hall–Kier alpha value is 0.884. The van der Waals surface area contributed by atoms with Gasteiger partial charge in [0.1, 0.15) is 0 Å². The molecule has 0 bridgehead atoms. The van der Waals surface area contributed by atoms with Crippen LogP contribution >= 0.6 is 12.4 Å². The molecule has 0 atom stereocenters. The second-order valence-electron chi connectivity index (χ2n) is 1.53. The third-order valence-corrected chi connectivity index (χ3v) is 1.35. The van der Waals surface area contributed by atoms with Gasteiger partial charge in [0.05, 0.1) is 0 Å². The topological polar surface area (TPSA) is 27.3 Å². The molecule has 3 nitrogen and oxygen atoms in total. The van der Waals surface area contributed by atoms with Crippen molar-refractivity contribution in [1.29, 1.82) is 0 Å². The van der Waals surface area contributed by atoms with Crippen LogP contribution in [0.25, 0.3) is 0 Å². The summed E-state index contributed by atoms with van der Waals surface area (Å²) < 4.78 is 2.17. The first kappa shape index (κ1) is 8.88. The van der Waals surface area contributed by atoms with E-state index in [4.69, 9.17) is 0 Å². The summed E-state index contributed by atoms with van der Waals surface area (Å²) in [5.74, 6) is 0. The second kappa shape index (κ2) is 4.73. The number of nitrogens with zero attached hydrogens (tertiary/aromatic N) is 1. The standard InChI is InChI=1S/C3H8N3.ClH.Ti/c1-4-2-6-3-5-1;;/h4-5H,1-3H2;1H;/q-1;;+1. The van der Waals surface area contributed by atoms with E-state index in [-0.39, 0.29) is 12.4 Å². The summed E-state index contributed by atoms with van der Waals surface area (Å²) in [5, 5.41) is 6.30. The van der Waals surface area contributed by atoms with Crippen LogP contribution in [0.5, 0.6) is 0 Å². The van der Waals surface area contributed by atoms with Gasteiger partial charge in [0.15, 0.2) is 0 Å². The van der Waals surface area contributed by atoms with E-state index in [1.54, 1.807) is 0 Å². The first-order valence-electron chi connectivity index (χ1n) is 2.27. The van der Waals surface area contributed by atoms with Crippen molar-refractivity contribution in [1.82, 2.24) is 14.0 Å². The van der Waals surface area contributed by atoms with E-state index in [1.165, 1.54) is 0 Å². The van der Waals surface area contributed by atoms with Gasteiger partial charge in [0.2, 0.25) is 0 Å². The molecular formula is C3H9ClN3Ti. The van der Waals surface area contributed by atoms with Gasteiger partial charge in [-0.2, -0.15) is 0 Å². The third-order valence-electron chi connectivity index (χ3n) is 0.855. The van der Waals surface area contributed by atoms with Crippen molar-refractivity contribution >= 4 is 12.4 Å². The average Bonchev–Trinajstić information content (AvgIpc) is 1.69. The molecule has 0 aromatic rings. The van der Waals surface area contributed by atoms with E-state index in [2.05, 4.69) is 34.7 Å². The van der Waals surface area contributed by atoms with Gasteiger partial charge in [-0.1, -0.05) is 0 Å². The fraction of sp³-hybridized carbons (Fsp3) is 1.00. The van der Waals surface area contributed by atoms with Gasteiger partial charge in [-0.05, 0) is 0 Å². The SMILES string of the molecule is Cl.[Ti][N]1CNCNC1. The summed E-state index contributed by atoms with van der Waals surface area (Å²) in [6.45, 7) is 2.96. The Morgan fingerprint density at radius 2 is 1.75 bits per heavy atom. The monoisotopic (exact) mass is 170 g/mol. The van der Waals surface area contributed by atoms with Crippen LogP contribution in [0, 0.1) is 0 Å². The normalized spacial score (nSPS) is 21.9. The zero-order valence-corrected chi connectivity index (χ0v) is 6.85. The van der Waals surface area contributed by atoms with E-state index in [1.807, 2.05) is 0 Å². The molecule has 1 heterocycles. The van der Waals surface area contributed by atoms with Crippen LogP contribution in [0.3, 0.4) is 0 Å². The van der Waals surface area contributed by atoms with Crippen LogP contribution in [0.4, 0.5) is 0 Å². The van der Waals surface area contributed by atoms with Crippen LogP contribution in [0.1, 0.15) is 0 Å². The Kier molecular flexibility index (Phi) is 5.26. The van der Waals surface area contributed by atoms with Crippen LogP contribution in [-0.2, 0) is 20.7 Å². The van der Waals surface area contributed by atoms with E-state index in [0.717, 1.165) is 20.0 Å². The first-order valence-corrected chi connectivity index (χ1v) is 2.97. The molecule has 0 unspecified atom stereocenters. The molecule has 0 amide bonds. The van der Waals surface area contributed by atoms with Crippen molar-refractivity contribution < 1.29 is 20.7 Å². The molecule has 0 saturated carbocycles. The molecular weight excluding hydrogens is 161 g/mol. The summed E-state index contributed by atoms with van der Waals surface area (Å²) >= 11 is 2.07.